The van der Waals surface area contributed by atoms with E-state index < -0.39 is 0 Å². The number of ether oxygens (including phenoxy) is 1. The molecule has 28 heavy (non-hydrogen) atoms. The third-order valence-corrected chi connectivity index (χ3v) is 5.44. The Kier molecular flexibility index (Phi) is 5.99. The van der Waals surface area contributed by atoms with Gasteiger partial charge in [-0.1, -0.05) is 60.3 Å². The largest absolute Gasteiger partial charge is 0.378 e. The lowest BCUT2D eigenvalue weighted by atomic mass is 10.2. The van der Waals surface area contributed by atoms with E-state index in [1.54, 1.807) is 11.8 Å². The van der Waals surface area contributed by atoms with Gasteiger partial charge in [0.25, 0.3) is 0 Å². The van der Waals surface area contributed by atoms with E-state index in [1.807, 2.05) is 60.7 Å². The van der Waals surface area contributed by atoms with E-state index in [9.17, 15) is 0 Å². The highest BCUT2D eigenvalue weighted by atomic mass is 32.2. The van der Waals surface area contributed by atoms with Crippen LogP contribution < -0.4 is 0 Å². The minimum absolute atomic E-state index is 0.688. The molecule has 2 aromatic carbocycles. The smallest absolute Gasteiger partial charge is 0.166 e. The quantitative estimate of drug-likeness (QED) is 0.372. The highest BCUT2D eigenvalue weighted by Gasteiger charge is 2.17. The zero-order valence-corrected chi connectivity index (χ0v) is 16.4. The number of rotatable bonds is 4. The molecule has 0 saturated carbocycles. The van der Waals surface area contributed by atoms with Gasteiger partial charge >= 0.3 is 0 Å². The van der Waals surface area contributed by atoms with E-state index in [4.69, 9.17) is 19.7 Å². The first kappa shape index (κ1) is 18.7. The number of fused-ring (bicyclic) bond motifs is 1. The fourth-order valence-corrected chi connectivity index (χ4v) is 3.82. The summed E-state index contributed by atoms with van der Waals surface area (Å²) < 4.78 is 5.50. The van der Waals surface area contributed by atoms with Crippen molar-refractivity contribution in [3.8, 4) is 11.4 Å². The summed E-state index contributed by atoms with van der Waals surface area (Å²) in [6.07, 6.45) is 1.90. The van der Waals surface area contributed by atoms with Gasteiger partial charge in [-0.2, -0.15) is 0 Å². The maximum atomic E-state index is 5.50. The van der Waals surface area contributed by atoms with Gasteiger partial charge in [-0.05, 0) is 12.1 Å². The van der Waals surface area contributed by atoms with E-state index in [0.29, 0.717) is 24.9 Å². The number of thioether (sulfide) groups is 1. The highest BCUT2D eigenvalue weighted by molar-refractivity contribution is 8.13. The lowest BCUT2D eigenvalue weighted by Gasteiger charge is -2.29. The average Bonchev–Trinajstić information content (AvgIpc) is 2.77. The molecule has 1 aliphatic rings. The van der Waals surface area contributed by atoms with Crippen molar-refractivity contribution in [3.05, 3.63) is 67.3 Å². The number of aliphatic imine (C=N–C) groups is 1. The third kappa shape index (κ3) is 4.24. The maximum absolute atomic E-state index is 5.50. The zero-order valence-electron chi connectivity index (χ0n) is 15.6. The molecule has 5 nitrogen and oxygen atoms in total. The molecule has 0 radical (unpaired) electrons. The number of hydrogen-bond donors (Lipinski definition) is 0. The van der Waals surface area contributed by atoms with Crippen LogP contribution >= 0.6 is 11.8 Å². The van der Waals surface area contributed by atoms with Crippen LogP contribution in [0, 0.1) is 0 Å². The third-order valence-electron chi connectivity index (χ3n) is 4.43. The van der Waals surface area contributed by atoms with Crippen molar-refractivity contribution in [2.45, 2.75) is 0 Å². The minimum Gasteiger partial charge on any atom is -0.378 e. The average molecular weight is 391 g/mol. The Balaban J connectivity index is 1.82. The molecule has 4 rings (SSSR count). The first-order chi connectivity index (χ1) is 13.8. The summed E-state index contributed by atoms with van der Waals surface area (Å²) in [4.78, 5) is 16.8. The van der Waals surface area contributed by atoms with Crippen molar-refractivity contribution in [2.24, 2.45) is 4.99 Å². The van der Waals surface area contributed by atoms with Crippen LogP contribution in [0.3, 0.4) is 0 Å². The van der Waals surface area contributed by atoms with Gasteiger partial charge in [-0.25, -0.2) is 15.0 Å². The normalized spacial score (nSPS) is 15.0. The summed E-state index contributed by atoms with van der Waals surface area (Å²) in [5, 5.41) is 1.90. The second-order valence-electron chi connectivity index (χ2n) is 6.35. The summed E-state index contributed by atoms with van der Waals surface area (Å²) in [6, 6.07) is 18.1. The molecule has 1 aliphatic heterocycles. The molecule has 0 atom stereocenters. The van der Waals surface area contributed by atoms with Gasteiger partial charge in [0.15, 0.2) is 16.8 Å². The Labute approximate surface area is 169 Å². The van der Waals surface area contributed by atoms with E-state index in [2.05, 4.69) is 11.5 Å². The van der Waals surface area contributed by atoms with Crippen molar-refractivity contribution in [1.82, 2.24) is 14.9 Å². The van der Waals surface area contributed by atoms with Crippen molar-refractivity contribution < 1.29 is 4.74 Å². The van der Waals surface area contributed by atoms with Gasteiger partial charge in [0, 0.05) is 29.8 Å². The molecular formula is C22H22N4OS. The van der Waals surface area contributed by atoms with Gasteiger partial charge in [0.05, 0.1) is 18.7 Å². The molecule has 2 heterocycles. The Bertz CT molecular complexity index is 984. The molecule has 1 fully saturated rings. The van der Waals surface area contributed by atoms with Gasteiger partial charge in [-0.3, -0.25) is 0 Å². The Morgan fingerprint density at radius 1 is 1.07 bits per heavy atom. The Morgan fingerprint density at radius 3 is 2.61 bits per heavy atom. The Hall–Kier alpha value is -2.70. The molecule has 142 valence electrons. The van der Waals surface area contributed by atoms with Crippen LogP contribution in [0.5, 0.6) is 0 Å². The first-order valence-corrected chi connectivity index (χ1v) is 10.3. The predicted octanol–water partition coefficient (Wildman–Crippen LogP) is 4.54. The summed E-state index contributed by atoms with van der Waals surface area (Å²) in [6.45, 7) is 6.94. The summed E-state index contributed by atoms with van der Waals surface area (Å²) in [5.41, 5.74) is 1.88. The topological polar surface area (TPSA) is 50.6 Å². The second kappa shape index (κ2) is 8.99. The minimum atomic E-state index is 0.688. The monoisotopic (exact) mass is 390 g/mol. The van der Waals surface area contributed by atoms with E-state index in [1.165, 1.54) is 0 Å². The highest BCUT2D eigenvalue weighted by Crippen LogP contribution is 2.28. The summed E-state index contributed by atoms with van der Waals surface area (Å²) in [5.74, 6) is 2.18. The lowest BCUT2D eigenvalue weighted by molar-refractivity contribution is 0.0694. The van der Waals surface area contributed by atoms with Crippen LogP contribution in [0.25, 0.3) is 22.3 Å². The number of benzene rings is 2. The molecule has 0 unspecified atom stereocenters. The van der Waals surface area contributed by atoms with Gasteiger partial charge < -0.3 is 9.64 Å². The van der Waals surface area contributed by atoms with Crippen molar-refractivity contribution >= 4 is 33.7 Å². The van der Waals surface area contributed by atoms with Gasteiger partial charge in [0.2, 0.25) is 0 Å². The number of nitrogens with zero attached hydrogens (tertiary/aromatic N) is 4. The van der Waals surface area contributed by atoms with Crippen molar-refractivity contribution in [2.75, 3.05) is 32.1 Å². The molecule has 0 spiro atoms. The van der Waals surface area contributed by atoms with Crippen molar-refractivity contribution in [1.29, 1.82) is 0 Å². The Morgan fingerprint density at radius 2 is 1.82 bits per heavy atom. The zero-order chi connectivity index (χ0) is 19.2. The SMILES string of the molecule is C=CCSC(=Nc1nc(-c2ccccc2)nc2ccccc12)N1CCOCC1. The number of aromatic nitrogens is 2. The molecular weight excluding hydrogens is 368 g/mol. The summed E-state index contributed by atoms with van der Waals surface area (Å²) in [7, 11) is 0. The van der Waals surface area contributed by atoms with Gasteiger partial charge in [0.1, 0.15) is 0 Å². The standard InChI is InChI=1S/C22H22N4OS/c1-2-16-28-22(26-12-14-27-15-13-26)25-21-18-10-6-7-11-19(18)23-20(24-21)17-8-4-3-5-9-17/h2-11H,1,12-16H2. The van der Waals surface area contributed by atoms with E-state index in [-0.39, 0.29) is 0 Å². The van der Waals surface area contributed by atoms with Crippen LogP contribution in [0.4, 0.5) is 5.82 Å². The fraction of sp³-hybridized carbons (Fsp3) is 0.227. The molecule has 0 aliphatic carbocycles. The molecule has 1 aromatic heterocycles. The van der Waals surface area contributed by atoms with Crippen LogP contribution in [0.15, 0.2) is 72.2 Å². The number of hydrogen-bond acceptors (Lipinski definition) is 5. The fourth-order valence-electron chi connectivity index (χ4n) is 3.03. The molecule has 6 heteroatoms. The second-order valence-corrected chi connectivity index (χ2v) is 7.33. The first-order valence-electron chi connectivity index (χ1n) is 9.32. The molecule has 1 saturated heterocycles. The van der Waals surface area contributed by atoms with Crippen molar-refractivity contribution in [3.63, 3.8) is 0 Å². The molecule has 3 aromatic rings. The number of morpholine rings is 1. The molecule has 0 amide bonds. The lowest BCUT2D eigenvalue weighted by Crippen LogP contribution is -2.39. The van der Waals surface area contributed by atoms with Crippen LogP contribution in [0.1, 0.15) is 0 Å². The number of para-hydroxylation sites is 1. The van der Waals surface area contributed by atoms with E-state index >= 15 is 0 Å². The van der Waals surface area contributed by atoms with Gasteiger partial charge in [-0.15, -0.1) is 6.58 Å². The summed E-state index contributed by atoms with van der Waals surface area (Å²) >= 11 is 1.68. The molecule has 0 N–H and O–H groups in total. The number of amidine groups is 1. The van der Waals surface area contributed by atoms with Crippen LogP contribution in [-0.2, 0) is 4.74 Å². The van der Waals surface area contributed by atoms with E-state index in [0.717, 1.165) is 40.5 Å². The molecule has 0 bridgehead atoms. The maximum Gasteiger partial charge on any atom is 0.166 e. The predicted molar refractivity (Wildman–Crippen MR) is 117 cm³/mol. The van der Waals surface area contributed by atoms with Crippen LogP contribution in [0.2, 0.25) is 0 Å². The van der Waals surface area contributed by atoms with Crippen LogP contribution in [-0.4, -0.2) is 52.1 Å².